The second kappa shape index (κ2) is 7.95. The number of aryl methyl sites for hydroxylation is 1. The lowest BCUT2D eigenvalue weighted by Gasteiger charge is -2.31. The van der Waals surface area contributed by atoms with Crippen molar-refractivity contribution in [1.29, 1.82) is 0 Å². The van der Waals surface area contributed by atoms with Gasteiger partial charge in [0.1, 0.15) is 0 Å². The number of aliphatic carboxylic acids is 1. The lowest BCUT2D eigenvalue weighted by molar-refractivity contribution is -0.138. The first kappa shape index (κ1) is 18.0. The van der Waals surface area contributed by atoms with Crippen LogP contribution in [0.25, 0.3) is 0 Å². The van der Waals surface area contributed by atoms with Gasteiger partial charge in [-0.25, -0.2) is 0 Å². The summed E-state index contributed by atoms with van der Waals surface area (Å²) in [6.45, 7) is 4.58. The molecule has 2 amide bonds. The molecule has 24 heavy (non-hydrogen) atoms. The van der Waals surface area contributed by atoms with E-state index in [-0.39, 0.29) is 24.2 Å². The van der Waals surface area contributed by atoms with Gasteiger partial charge in [-0.3, -0.25) is 14.4 Å². The van der Waals surface area contributed by atoms with Crippen molar-refractivity contribution in [3.05, 3.63) is 35.4 Å². The number of carbonyl (C=O) groups excluding carboxylic acids is 2. The fourth-order valence-electron chi connectivity index (χ4n) is 3.14. The first-order valence-electron chi connectivity index (χ1n) is 8.21. The largest absolute Gasteiger partial charge is 0.481 e. The third-order valence-electron chi connectivity index (χ3n) is 4.57. The topological polar surface area (TPSA) is 86.7 Å². The van der Waals surface area contributed by atoms with E-state index in [4.69, 9.17) is 5.11 Å². The molecule has 1 saturated heterocycles. The van der Waals surface area contributed by atoms with Crippen molar-refractivity contribution < 1.29 is 19.5 Å². The minimum absolute atomic E-state index is 0.0255. The Balaban J connectivity index is 2.04. The minimum Gasteiger partial charge on any atom is -0.481 e. The predicted octanol–water partition coefficient (Wildman–Crippen LogP) is 1.89. The van der Waals surface area contributed by atoms with Crippen LogP contribution in [0, 0.1) is 12.8 Å². The standard InChI is InChI=1S/C18H24N2O4/c1-12-5-3-4-6-15(12)16(11-17(22)23)19-18(24)14-7-9-20(10-8-14)13(2)21/h3-6,14,16H,7-11H2,1-2H3,(H,19,24)(H,22,23)/t16-/m1/s1. The molecule has 2 N–H and O–H groups in total. The van der Waals surface area contributed by atoms with E-state index in [9.17, 15) is 14.4 Å². The molecule has 1 aliphatic rings. The van der Waals surface area contributed by atoms with Crippen LogP contribution in [0.2, 0.25) is 0 Å². The number of likely N-dealkylation sites (tertiary alicyclic amines) is 1. The van der Waals surface area contributed by atoms with Crippen LogP contribution in [0.5, 0.6) is 0 Å². The number of carbonyl (C=O) groups is 3. The number of hydrogen-bond donors (Lipinski definition) is 2. The van der Waals surface area contributed by atoms with E-state index in [2.05, 4.69) is 5.32 Å². The fourth-order valence-corrected chi connectivity index (χ4v) is 3.14. The number of carboxylic acid groups (broad SMARTS) is 1. The van der Waals surface area contributed by atoms with Crippen molar-refractivity contribution in [3.8, 4) is 0 Å². The second-order valence-corrected chi connectivity index (χ2v) is 6.30. The molecule has 0 unspecified atom stereocenters. The maximum atomic E-state index is 12.5. The third kappa shape index (κ3) is 4.57. The van der Waals surface area contributed by atoms with Crippen molar-refractivity contribution in [3.63, 3.8) is 0 Å². The number of nitrogens with one attached hydrogen (secondary N) is 1. The molecule has 0 radical (unpaired) electrons. The lowest BCUT2D eigenvalue weighted by Crippen LogP contribution is -2.43. The SMILES string of the molecule is CC(=O)N1CCC(C(=O)N[C@H](CC(=O)O)c2ccccc2C)CC1. The maximum Gasteiger partial charge on any atom is 0.305 e. The Kier molecular flexibility index (Phi) is 5.95. The van der Waals surface area contributed by atoms with E-state index in [0.29, 0.717) is 25.9 Å². The van der Waals surface area contributed by atoms with Crippen LogP contribution in [-0.2, 0) is 14.4 Å². The number of rotatable bonds is 5. The van der Waals surface area contributed by atoms with Crippen molar-refractivity contribution >= 4 is 17.8 Å². The molecule has 1 heterocycles. The summed E-state index contributed by atoms with van der Waals surface area (Å²) in [7, 11) is 0. The monoisotopic (exact) mass is 332 g/mol. The van der Waals surface area contributed by atoms with Crippen LogP contribution in [-0.4, -0.2) is 40.9 Å². The molecule has 1 fully saturated rings. The van der Waals surface area contributed by atoms with Crippen molar-refractivity contribution in [2.75, 3.05) is 13.1 Å². The number of carboxylic acids is 1. The first-order valence-corrected chi connectivity index (χ1v) is 8.21. The number of nitrogens with zero attached hydrogens (tertiary/aromatic N) is 1. The lowest BCUT2D eigenvalue weighted by atomic mass is 9.93. The molecule has 0 aliphatic carbocycles. The zero-order valence-electron chi connectivity index (χ0n) is 14.1. The Morgan fingerprint density at radius 3 is 2.42 bits per heavy atom. The highest BCUT2D eigenvalue weighted by atomic mass is 16.4. The van der Waals surface area contributed by atoms with E-state index in [0.717, 1.165) is 11.1 Å². The Bertz CT molecular complexity index is 621. The normalized spacial score (nSPS) is 16.5. The van der Waals surface area contributed by atoms with E-state index in [1.54, 1.807) is 4.90 Å². The summed E-state index contributed by atoms with van der Waals surface area (Å²) in [5, 5.41) is 12.1. The zero-order chi connectivity index (χ0) is 17.7. The maximum absolute atomic E-state index is 12.5. The van der Waals surface area contributed by atoms with Crippen LogP contribution in [0.3, 0.4) is 0 Å². The van der Waals surface area contributed by atoms with Gasteiger partial charge >= 0.3 is 5.97 Å². The molecular formula is C18H24N2O4. The molecule has 2 rings (SSSR count). The van der Waals surface area contributed by atoms with Gasteiger partial charge in [-0.2, -0.15) is 0 Å². The highest BCUT2D eigenvalue weighted by Gasteiger charge is 2.28. The molecule has 0 saturated carbocycles. The number of hydrogen-bond acceptors (Lipinski definition) is 3. The van der Waals surface area contributed by atoms with Gasteiger partial charge in [-0.1, -0.05) is 24.3 Å². The third-order valence-corrected chi connectivity index (χ3v) is 4.57. The number of piperidine rings is 1. The summed E-state index contributed by atoms with van der Waals surface area (Å²) in [6.07, 6.45) is 1.07. The Labute approximate surface area is 141 Å². The van der Waals surface area contributed by atoms with Crippen LogP contribution < -0.4 is 5.32 Å². The quantitative estimate of drug-likeness (QED) is 0.862. The van der Waals surface area contributed by atoms with Crippen LogP contribution >= 0.6 is 0 Å². The van der Waals surface area contributed by atoms with E-state index >= 15 is 0 Å². The van der Waals surface area contributed by atoms with Gasteiger partial charge in [-0.05, 0) is 30.9 Å². The smallest absolute Gasteiger partial charge is 0.305 e. The summed E-state index contributed by atoms with van der Waals surface area (Å²) < 4.78 is 0. The first-order chi connectivity index (χ1) is 11.4. The number of benzene rings is 1. The predicted molar refractivity (Wildman–Crippen MR) is 89.3 cm³/mol. The molecule has 0 spiro atoms. The van der Waals surface area contributed by atoms with Gasteiger partial charge in [0.25, 0.3) is 0 Å². The molecule has 1 atom stereocenters. The molecule has 0 bridgehead atoms. The molecule has 1 aromatic rings. The number of amides is 2. The minimum atomic E-state index is -0.949. The average molecular weight is 332 g/mol. The van der Waals surface area contributed by atoms with Gasteiger partial charge in [0.05, 0.1) is 12.5 Å². The molecule has 130 valence electrons. The van der Waals surface area contributed by atoms with Gasteiger partial charge in [0, 0.05) is 25.9 Å². The molecule has 1 aliphatic heterocycles. The van der Waals surface area contributed by atoms with Gasteiger partial charge in [-0.15, -0.1) is 0 Å². The van der Waals surface area contributed by atoms with Gasteiger partial charge in [0.2, 0.25) is 11.8 Å². The summed E-state index contributed by atoms with van der Waals surface area (Å²) in [5.74, 6) is -1.24. The highest BCUT2D eigenvalue weighted by Crippen LogP contribution is 2.23. The summed E-state index contributed by atoms with van der Waals surface area (Å²) in [6, 6.07) is 6.94. The van der Waals surface area contributed by atoms with Crippen LogP contribution in [0.1, 0.15) is 43.4 Å². The molecule has 6 nitrogen and oxygen atoms in total. The average Bonchev–Trinajstić information content (AvgIpc) is 2.54. The Morgan fingerprint density at radius 1 is 1.25 bits per heavy atom. The van der Waals surface area contributed by atoms with Gasteiger partial charge in [0.15, 0.2) is 0 Å². The molecule has 6 heteroatoms. The Hall–Kier alpha value is -2.37. The van der Waals surface area contributed by atoms with E-state index < -0.39 is 12.0 Å². The molecule has 0 aromatic heterocycles. The van der Waals surface area contributed by atoms with Gasteiger partial charge < -0.3 is 15.3 Å². The van der Waals surface area contributed by atoms with Crippen molar-refractivity contribution in [2.24, 2.45) is 5.92 Å². The summed E-state index contributed by atoms with van der Waals surface area (Å²) in [4.78, 5) is 36.8. The Morgan fingerprint density at radius 2 is 1.88 bits per heavy atom. The zero-order valence-corrected chi connectivity index (χ0v) is 14.1. The molecule has 1 aromatic carbocycles. The van der Waals surface area contributed by atoms with E-state index in [1.807, 2.05) is 31.2 Å². The van der Waals surface area contributed by atoms with Crippen LogP contribution in [0.4, 0.5) is 0 Å². The molecular weight excluding hydrogens is 308 g/mol. The van der Waals surface area contributed by atoms with Crippen LogP contribution in [0.15, 0.2) is 24.3 Å². The van der Waals surface area contributed by atoms with Crippen molar-refractivity contribution in [1.82, 2.24) is 10.2 Å². The fraction of sp³-hybridized carbons (Fsp3) is 0.500. The highest BCUT2D eigenvalue weighted by molar-refractivity contribution is 5.81. The summed E-state index contributed by atoms with van der Waals surface area (Å²) >= 11 is 0. The van der Waals surface area contributed by atoms with Crippen molar-refractivity contribution in [2.45, 2.75) is 39.2 Å². The second-order valence-electron chi connectivity index (χ2n) is 6.30. The summed E-state index contributed by atoms with van der Waals surface area (Å²) in [5.41, 5.74) is 1.78. The van der Waals surface area contributed by atoms with E-state index in [1.165, 1.54) is 6.92 Å².